The third-order valence-electron chi connectivity index (χ3n) is 11.1. The number of hydrogen-bond donors (Lipinski definition) is 0. The molecule has 0 aliphatic heterocycles. The molecule has 0 aliphatic rings. The van der Waals surface area contributed by atoms with Crippen molar-refractivity contribution in [3.63, 3.8) is 0 Å². The smallest absolute Gasteiger partial charge is 0.0641 e. The van der Waals surface area contributed by atoms with E-state index >= 15 is 0 Å². The maximum atomic E-state index is 2.48. The standard InChI is InChI=1S/C52H35N3/c1-3-17-40(18-4-1)53(41-19-5-2-6-20-41)42-29-26-37(27-30-42)39-16-13-21-43(34-39)55-48-24-11-9-22-45(48)46-32-33-50-51(52(46)55)47-23-10-12-25-49(47)54(50)44-31-28-36-14-7-8-15-38(36)35-44/h1-35H. The highest BCUT2D eigenvalue weighted by Gasteiger charge is 2.21. The van der Waals surface area contributed by atoms with Gasteiger partial charge in [-0.1, -0.05) is 133 Å². The topological polar surface area (TPSA) is 13.1 Å². The molecule has 3 nitrogen and oxygen atoms in total. The molecule has 2 aromatic heterocycles. The third kappa shape index (κ3) is 5.05. The molecule has 0 N–H and O–H groups in total. The second kappa shape index (κ2) is 12.6. The Morgan fingerprint density at radius 3 is 1.65 bits per heavy atom. The van der Waals surface area contributed by atoms with Gasteiger partial charge in [-0.15, -0.1) is 0 Å². The Labute approximate surface area is 319 Å². The van der Waals surface area contributed by atoms with E-state index in [1.54, 1.807) is 0 Å². The van der Waals surface area contributed by atoms with Crippen LogP contribution in [0.4, 0.5) is 17.1 Å². The number of fused-ring (bicyclic) bond motifs is 8. The van der Waals surface area contributed by atoms with Crippen LogP contribution >= 0.6 is 0 Å². The number of anilines is 3. The van der Waals surface area contributed by atoms with Crippen molar-refractivity contribution in [3.05, 3.63) is 212 Å². The molecule has 0 saturated carbocycles. The van der Waals surface area contributed by atoms with E-state index in [0.717, 1.165) is 28.4 Å². The Kier molecular flexibility index (Phi) is 7.17. The van der Waals surface area contributed by atoms with E-state index < -0.39 is 0 Å². The molecule has 258 valence electrons. The average Bonchev–Trinajstić information content (AvgIpc) is 3.78. The lowest BCUT2D eigenvalue weighted by atomic mass is 10.0. The summed E-state index contributed by atoms with van der Waals surface area (Å²) in [6.45, 7) is 0. The van der Waals surface area contributed by atoms with Gasteiger partial charge in [0, 0.05) is 50.0 Å². The molecule has 0 radical (unpaired) electrons. The summed E-state index contributed by atoms with van der Waals surface area (Å²) in [4.78, 5) is 2.30. The molecule has 11 aromatic rings. The van der Waals surface area contributed by atoms with Crippen LogP contribution in [0.2, 0.25) is 0 Å². The SMILES string of the molecule is c1ccc(N(c2ccccc2)c2ccc(-c3cccc(-n4c5ccccc5c5ccc6c(c7ccccc7n6-c6ccc7ccccc7c6)c54)c3)cc2)cc1. The summed E-state index contributed by atoms with van der Waals surface area (Å²) in [6, 6.07) is 76.8. The van der Waals surface area contributed by atoms with Crippen molar-refractivity contribution in [2.24, 2.45) is 0 Å². The minimum absolute atomic E-state index is 1.12. The molecule has 0 amide bonds. The zero-order valence-corrected chi connectivity index (χ0v) is 30.0. The van der Waals surface area contributed by atoms with Gasteiger partial charge in [-0.2, -0.15) is 0 Å². The first-order valence-corrected chi connectivity index (χ1v) is 18.9. The van der Waals surface area contributed by atoms with Crippen LogP contribution < -0.4 is 4.90 Å². The molecule has 2 heterocycles. The first-order valence-electron chi connectivity index (χ1n) is 18.9. The van der Waals surface area contributed by atoms with E-state index in [1.807, 2.05) is 0 Å². The van der Waals surface area contributed by atoms with Crippen LogP contribution in [0.15, 0.2) is 212 Å². The maximum absolute atomic E-state index is 2.48. The molecule has 0 spiro atoms. The molecule has 0 bridgehead atoms. The van der Waals surface area contributed by atoms with Crippen LogP contribution in [-0.4, -0.2) is 9.13 Å². The molecule has 3 heteroatoms. The monoisotopic (exact) mass is 701 g/mol. The zero-order chi connectivity index (χ0) is 36.3. The fourth-order valence-electron chi connectivity index (χ4n) is 8.60. The van der Waals surface area contributed by atoms with Crippen LogP contribution in [0.1, 0.15) is 0 Å². The summed E-state index contributed by atoms with van der Waals surface area (Å²) in [5, 5.41) is 7.48. The van der Waals surface area contributed by atoms with Gasteiger partial charge in [-0.3, -0.25) is 0 Å². The minimum Gasteiger partial charge on any atom is -0.311 e. The Hall–Kier alpha value is -7.36. The lowest BCUT2D eigenvalue weighted by Crippen LogP contribution is -2.09. The van der Waals surface area contributed by atoms with Crippen molar-refractivity contribution in [1.29, 1.82) is 0 Å². The normalized spacial score (nSPS) is 11.6. The van der Waals surface area contributed by atoms with Crippen molar-refractivity contribution >= 4 is 71.4 Å². The Morgan fingerprint density at radius 2 is 0.909 bits per heavy atom. The van der Waals surface area contributed by atoms with Crippen molar-refractivity contribution in [2.45, 2.75) is 0 Å². The summed E-state index contributed by atoms with van der Waals surface area (Å²) in [5.74, 6) is 0. The first-order chi connectivity index (χ1) is 27.3. The van der Waals surface area contributed by atoms with E-state index in [0.29, 0.717) is 0 Å². The van der Waals surface area contributed by atoms with Crippen LogP contribution in [0.3, 0.4) is 0 Å². The second-order valence-corrected chi connectivity index (χ2v) is 14.2. The van der Waals surface area contributed by atoms with E-state index in [9.17, 15) is 0 Å². The first kappa shape index (κ1) is 31.2. The fraction of sp³-hybridized carbons (Fsp3) is 0. The number of aromatic nitrogens is 2. The van der Waals surface area contributed by atoms with Crippen LogP contribution in [-0.2, 0) is 0 Å². The minimum atomic E-state index is 1.12. The van der Waals surface area contributed by atoms with Crippen molar-refractivity contribution < 1.29 is 0 Å². The summed E-state index contributed by atoms with van der Waals surface area (Å²) in [5.41, 5.74) is 12.8. The van der Waals surface area contributed by atoms with E-state index in [4.69, 9.17) is 0 Å². The molecular formula is C52H35N3. The van der Waals surface area contributed by atoms with Gasteiger partial charge in [0.2, 0.25) is 0 Å². The zero-order valence-electron chi connectivity index (χ0n) is 30.0. The average molecular weight is 702 g/mol. The largest absolute Gasteiger partial charge is 0.311 e. The summed E-state index contributed by atoms with van der Waals surface area (Å²) in [7, 11) is 0. The van der Waals surface area contributed by atoms with Gasteiger partial charge in [0.15, 0.2) is 0 Å². The molecule has 0 fully saturated rings. The maximum Gasteiger partial charge on any atom is 0.0641 e. The quantitative estimate of drug-likeness (QED) is 0.168. The molecule has 0 unspecified atom stereocenters. The molecule has 9 aromatic carbocycles. The number of para-hydroxylation sites is 4. The molecule has 55 heavy (non-hydrogen) atoms. The Bertz CT molecular complexity index is 3150. The highest BCUT2D eigenvalue weighted by Crippen LogP contribution is 2.43. The van der Waals surface area contributed by atoms with E-state index in [1.165, 1.54) is 65.5 Å². The predicted molar refractivity (Wildman–Crippen MR) is 233 cm³/mol. The van der Waals surface area contributed by atoms with Gasteiger partial charge in [-0.25, -0.2) is 0 Å². The van der Waals surface area contributed by atoms with Gasteiger partial charge < -0.3 is 14.0 Å². The van der Waals surface area contributed by atoms with Gasteiger partial charge in [0.1, 0.15) is 0 Å². The van der Waals surface area contributed by atoms with Gasteiger partial charge in [-0.05, 0) is 101 Å². The van der Waals surface area contributed by atoms with Crippen LogP contribution in [0.25, 0.3) is 76.9 Å². The van der Waals surface area contributed by atoms with Crippen LogP contribution in [0.5, 0.6) is 0 Å². The number of hydrogen-bond acceptors (Lipinski definition) is 1. The Balaban J connectivity index is 1.09. The number of rotatable bonds is 6. The van der Waals surface area contributed by atoms with Gasteiger partial charge in [0.05, 0.1) is 22.1 Å². The predicted octanol–water partition coefficient (Wildman–Crippen LogP) is 14.2. The van der Waals surface area contributed by atoms with Crippen molar-refractivity contribution in [2.75, 3.05) is 4.90 Å². The van der Waals surface area contributed by atoms with Gasteiger partial charge in [0.25, 0.3) is 0 Å². The number of nitrogens with zero attached hydrogens (tertiary/aromatic N) is 3. The van der Waals surface area contributed by atoms with E-state index in [2.05, 4.69) is 226 Å². The van der Waals surface area contributed by atoms with E-state index in [-0.39, 0.29) is 0 Å². The summed E-state index contributed by atoms with van der Waals surface area (Å²) < 4.78 is 4.92. The van der Waals surface area contributed by atoms with Crippen LogP contribution in [0, 0.1) is 0 Å². The number of benzene rings is 9. The third-order valence-corrected chi connectivity index (χ3v) is 11.1. The Morgan fingerprint density at radius 1 is 0.309 bits per heavy atom. The second-order valence-electron chi connectivity index (χ2n) is 14.2. The highest BCUT2D eigenvalue weighted by atomic mass is 15.1. The summed E-state index contributed by atoms with van der Waals surface area (Å²) >= 11 is 0. The molecule has 0 aliphatic carbocycles. The van der Waals surface area contributed by atoms with Crippen molar-refractivity contribution in [3.8, 4) is 22.5 Å². The lowest BCUT2D eigenvalue weighted by molar-refractivity contribution is 1.18. The molecular weight excluding hydrogens is 667 g/mol. The van der Waals surface area contributed by atoms with Crippen molar-refractivity contribution in [1.82, 2.24) is 9.13 Å². The molecule has 11 rings (SSSR count). The molecule has 0 atom stereocenters. The lowest BCUT2D eigenvalue weighted by Gasteiger charge is -2.25. The molecule has 0 saturated heterocycles. The highest BCUT2D eigenvalue weighted by molar-refractivity contribution is 6.26. The van der Waals surface area contributed by atoms with Gasteiger partial charge >= 0.3 is 0 Å². The summed E-state index contributed by atoms with van der Waals surface area (Å²) in [6.07, 6.45) is 0. The fourth-order valence-corrected chi connectivity index (χ4v) is 8.60.